The molecule has 2 aromatic heterocycles. The summed E-state index contributed by atoms with van der Waals surface area (Å²) in [5.74, 6) is 0. The molecule has 1 aliphatic carbocycles. The molecule has 0 saturated carbocycles. The molecule has 0 amide bonds. The third kappa shape index (κ3) is 2.25. The van der Waals surface area contributed by atoms with Crippen molar-refractivity contribution in [2.45, 2.75) is 45.3 Å². The van der Waals surface area contributed by atoms with Gasteiger partial charge in [0, 0.05) is 35.9 Å². The van der Waals surface area contributed by atoms with Gasteiger partial charge in [0.25, 0.3) is 0 Å². The van der Waals surface area contributed by atoms with Crippen LogP contribution in [0.15, 0.2) is 29.8 Å². The first-order valence-corrected chi connectivity index (χ1v) is 7.70. The maximum absolute atomic E-state index is 3.73. The van der Waals surface area contributed by atoms with E-state index in [1.54, 1.807) is 10.4 Å². The van der Waals surface area contributed by atoms with Gasteiger partial charge in [-0.15, -0.1) is 11.3 Å². The Morgan fingerprint density at radius 3 is 3.28 bits per heavy atom. The van der Waals surface area contributed by atoms with Crippen molar-refractivity contribution in [3.63, 3.8) is 0 Å². The number of fused-ring (bicyclic) bond motifs is 1. The summed E-state index contributed by atoms with van der Waals surface area (Å²) in [4.78, 5) is 1.59. The summed E-state index contributed by atoms with van der Waals surface area (Å²) in [5, 5.41) is 5.96. The van der Waals surface area contributed by atoms with E-state index in [0.29, 0.717) is 6.04 Å². The Hall–Kier alpha value is -1.06. The number of nitrogens with one attached hydrogen (secondary N) is 1. The first-order chi connectivity index (χ1) is 8.88. The monoisotopic (exact) mass is 260 g/mol. The molecule has 1 N–H and O–H groups in total. The van der Waals surface area contributed by atoms with Gasteiger partial charge in [-0.2, -0.15) is 0 Å². The van der Waals surface area contributed by atoms with Gasteiger partial charge in [0.1, 0.15) is 0 Å². The van der Waals surface area contributed by atoms with Gasteiger partial charge in [-0.05, 0) is 55.3 Å². The van der Waals surface area contributed by atoms with Crippen LogP contribution in [0.25, 0.3) is 0 Å². The van der Waals surface area contributed by atoms with Crippen molar-refractivity contribution < 1.29 is 0 Å². The smallest absolute Gasteiger partial charge is 0.0364 e. The molecule has 0 spiro atoms. The average molecular weight is 260 g/mol. The zero-order valence-electron chi connectivity index (χ0n) is 10.9. The van der Waals surface area contributed by atoms with Crippen LogP contribution in [-0.4, -0.2) is 4.57 Å². The summed E-state index contributed by atoms with van der Waals surface area (Å²) in [6.45, 7) is 4.22. The van der Waals surface area contributed by atoms with Gasteiger partial charge in [-0.25, -0.2) is 0 Å². The Labute approximate surface area is 113 Å². The summed E-state index contributed by atoms with van der Waals surface area (Å²) in [6, 6.07) is 7.21. The maximum Gasteiger partial charge on any atom is 0.0364 e. The molecule has 0 saturated heterocycles. The molecule has 3 heteroatoms. The Bertz CT molecular complexity index is 512. The van der Waals surface area contributed by atoms with Crippen molar-refractivity contribution in [1.29, 1.82) is 0 Å². The van der Waals surface area contributed by atoms with Gasteiger partial charge >= 0.3 is 0 Å². The maximum atomic E-state index is 3.73. The third-order valence-electron chi connectivity index (χ3n) is 3.85. The molecule has 0 radical (unpaired) electrons. The van der Waals surface area contributed by atoms with E-state index >= 15 is 0 Å². The lowest BCUT2D eigenvalue weighted by atomic mass is 9.94. The number of hydrogen-bond donors (Lipinski definition) is 1. The number of aromatic nitrogens is 1. The molecule has 0 bridgehead atoms. The highest BCUT2D eigenvalue weighted by Gasteiger charge is 2.20. The molecule has 2 nitrogen and oxygen atoms in total. The van der Waals surface area contributed by atoms with E-state index in [-0.39, 0.29) is 0 Å². The normalized spacial score (nSPS) is 18.8. The van der Waals surface area contributed by atoms with Crippen molar-refractivity contribution >= 4 is 11.3 Å². The molecule has 0 fully saturated rings. The molecule has 18 heavy (non-hydrogen) atoms. The molecule has 2 aromatic rings. The first-order valence-electron chi connectivity index (χ1n) is 6.82. The number of aryl methyl sites for hydroxylation is 2. The first kappa shape index (κ1) is 12.0. The Morgan fingerprint density at radius 2 is 2.39 bits per heavy atom. The van der Waals surface area contributed by atoms with Crippen LogP contribution in [0, 0.1) is 0 Å². The number of hydrogen-bond acceptors (Lipinski definition) is 2. The highest BCUT2D eigenvalue weighted by Crippen LogP contribution is 2.33. The second kappa shape index (κ2) is 5.29. The van der Waals surface area contributed by atoms with Crippen LogP contribution in [0.4, 0.5) is 0 Å². The van der Waals surface area contributed by atoms with Crippen LogP contribution in [0.3, 0.4) is 0 Å². The molecule has 96 valence electrons. The van der Waals surface area contributed by atoms with Gasteiger partial charge in [0.05, 0.1) is 0 Å². The highest BCUT2D eigenvalue weighted by atomic mass is 32.1. The summed E-state index contributed by atoms with van der Waals surface area (Å²) in [7, 11) is 0. The summed E-state index contributed by atoms with van der Waals surface area (Å²) in [6.07, 6.45) is 6.03. The minimum atomic E-state index is 0.556. The summed E-state index contributed by atoms with van der Waals surface area (Å²) < 4.78 is 2.31. The molecule has 1 aliphatic rings. The number of thiophene rings is 1. The predicted octanol–water partition coefficient (Wildman–Crippen LogP) is 3.74. The van der Waals surface area contributed by atoms with Crippen LogP contribution in [0.2, 0.25) is 0 Å². The van der Waals surface area contributed by atoms with E-state index in [1.807, 2.05) is 11.3 Å². The molecular formula is C15H20N2S. The van der Waals surface area contributed by atoms with E-state index in [4.69, 9.17) is 0 Å². The molecule has 2 heterocycles. The SMILES string of the molecule is CCn1cccc1CNC1CCCc2sccc21. The van der Waals surface area contributed by atoms with E-state index in [9.17, 15) is 0 Å². The zero-order valence-corrected chi connectivity index (χ0v) is 11.7. The van der Waals surface area contributed by atoms with Crippen LogP contribution in [0.5, 0.6) is 0 Å². The standard InChI is InChI=1S/C15H20N2S/c1-2-17-9-4-5-12(17)11-16-14-6-3-7-15-13(14)8-10-18-15/h4-5,8-10,14,16H,2-3,6-7,11H2,1H3. The van der Waals surface area contributed by atoms with Crippen molar-refractivity contribution in [3.8, 4) is 0 Å². The number of nitrogens with zero attached hydrogens (tertiary/aromatic N) is 1. The fourth-order valence-electron chi connectivity index (χ4n) is 2.84. The van der Waals surface area contributed by atoms with Crippen LogP contribution >= 0.6 is 11.3 Å². The zero-order chi connectivity index (χ0) is 12.4. The molecule has 3 rings (SSSR count). The lowest BCUT2D eigenvalue weighted by molar-refractivity contribution is 0.454. The van der Waals surface area contributed by atoms with Crippen molar-refractivity contribution in [3.05, 3.63) is 45.9 Å². The van der Waals surface area contributed by atoms with Crippen LogP contribution < -0.4 is 5.32 Å². The predicted molar refractivity (Wildman–Crippen MR) is 76.9 cm³/mol. The lowest BCUT2D eigenvalue weighted by Gasteiger charge is -2.24. The number of rotatable bonds is 4. The quantitative estimate of drug-likeness (QED) is 0.886. The van der Waals surface area contributed by atoms with Gasteiger partial charge in [0.2, 0.25) is 0 Å². The summed E-state index contributed by atoms with van der Waals surface area (Å²) in [5.41, 5.74) is 2.93. The van der Waals surface area contributed by atoms with Crippen molar-refractivity contribution in [2.24, 2.45) is 0 Å². The van der Waals surface area contributed by atoms with E-state index in [1.165, 1.54) is 25.0 Å². The molecule has 0 aromatic carbocycles. The molecular weight excluding hydrogens is 240 g/mol. The van der Waals surface area contributed by atoms with Gasteiger partial charge in [-0.1, -0.05) is 0 Å². The third-order valence-corrected chi connectivity index (χ3v) is 4.84. The van der Waals surface area contributed by atoms with Crippen molar-refractivity contribution in [1.82, 2.24) is 9.88 Å². The second-order valence-corrected chi connectivity index (χ2v) is 5.91. The van der Waals surface area contributed by atoms with E-state index in [2.05, 4.69) is 46.6 Å². The topological polar surface area (TPSA) is 17.0 Å². The van der Waals surface area contributed by atoms with Gasteiger partial charge < -0.3 is 9.88 Å². The Kier molecular flexibility index (Phi) is 3.52. The van der Waals surface area contributed by atoms with Gasteiger partial charge in [0.15, 0.2) is 0 Å². The second-order valence-electron chi connectivity index (χ2n) is 4.91. The Morgan fingerprint density at radius 1 is 1.44 bits per heavy atom. The highest BCUT2D eigenvalue weighted by molar-refractivity contribution is 7.10. The summed E-state index contributed by atoms with van der Waals surface area (Å²) >= 11 is 1.91. The van der Waals surface area contributed by atoms with Crippen molar-refractivity contribution in [2.75, 3.05) is 0 Å². The van der Waals surface area contributed by atoms with E-state index in [0.717, 1.165) is 13.1 Å². The minimum Gasteiger partial charge on any atom is -0.351 e. The minimum absolute atomic E-state index is 0.556. The van der Waals surface area contributed by atoms with Crippen LogP contribution in [-0.2, 0) is 19.5 Å². The Balaban J connectivity index is 1.68. The molecule has 1 atom stereocenters. The average Bonchev–Trinajstić information content (AvgIpc) is 3.04. The largest absolute Gasteiger partial charge is 0.351 e. The van der Waals surface area contributed by atoms with Crippen LogP contribution in [0.1, 0.15) is 41.9 Å². The van der Waals surface area contributed by atoms with Gasteiger partial charge in [-0.3, -0.25) is 0 Å². The fraction of sp³-hybridized carbons (Fsp3) is 0.467. The van der Waals surface area contributed by atoms with E-state index < -0.39 is 0 Å². The molecule has 1 unspecified atom stereocenters. The molecule has 0 aliphatic heterocycles. The fourth-order valence-corrected chi connectivity index (χ4v) is 3.83. The lowest BCUT2D eigenvalue weighted by Crippen LogP contribution is -2.24.